The molecule has 3 aromatic rings. The van der Waals surface area contributed by atoms with Crippen LogP contribution in [0.3, 0.4) is 0 Å². The molecule has 5 nitrogen and oxygen atoms in total. The van der Waals surface area contributed by atoms with E-state index in [-0.39, 0.29) is 5.91 Å². The van der Waals surface area contributed by atoms with Crippen molar-refractivity contribution in [2.24, 2.45) is 0 Å². The van der Waals surface area contributed by atoms with E-state index in [2.05, 4.69) is 6.07 Å². The summed E-state index contributed by atoms with van der Waals surface area (Å²) in [6.07, 6.45) is 0. The lowest BCUT2D eigenvalue weighted by Crippen LogP contribution is -2.26. The van der Waals surface area contributed by atoms with Crippen molar-refractivity contribution in [1.82, 2.24) is 4.90 Å². The second-order valence-corrected chi connectivity index (χ2v) is 6.61. The molecule has 0 radical (unpaired) electrons. The Morgan fingerprint density at radius 2 is 1.69 bits per heavy atom. The van der Waals surface area contributed by atoms with Gasteiger partial charge < -0.3 is 14.4 Å². The van der Waals surface area contributed by atoms with E-state index < -0.39 is 0 Å². The molecule has 146 valence electrons. The molecule has 0 aliphatic carbocycles. The fourth-order valence-electron chi connectivity index (χ4n) is 2.91. The van der Waals surface area contributed by atoms with Crippen LogP contribution in [0.15, 0.2) is 72.8 Å². The quantitative estimate of drug-likeness (QED) is 0.603. The lowest BCUT2D eigenvalue weighted by Gasteiger charge is -2.18. The van der Waals surface area contributed by atoms with Crippen molar-refractivity contribution in [3.05, 3.63) is 95.1 Å². The summed E-state index contributed by atoms with van der Waals surface area (Å²) in [5, 5.41) is 8.89. The third-order valence-corrected chi connectivity index (χ3v) is 4.50. The van der Waals surface area contributed by atoms with Crippen molar-refractivity contribution >= 4 is 5.91 Å². The number of hydrogen-bond donors (Lipinski definition) is 0. The molecular formula is C24H22N2O3. The molecule has 29 heavy (non-hydrogen) atoms. The Balaban J connectivity index is 1.68. The van der Waals surface area contributed by atoms with Gasteiger partial charge in [-0.2, -0.15) is 5.26 Å². The first kappa shape index (κ1) is 20.0. The topological polar surface area (TPSA) is 62.6 Å². The van der Waals surface area contributed by atoms with E-state index in [1.165, 1.54) is 0 Å². The Hall–Kier alpha value is -3.78. The van der Waals surface area contributed by atoms with Gasteiger partial charge >= 0.3 is 0 Å². The Labute approximate surface area is 170 Å². The van der Waals surface area contributed by atoms with Gasteiger partial charge in [-0.25, -0.2) is 0 Å². The number of hydrogen-bond acceptors (Lipinski definition) is 4. The minimum Gasteiger partial charge on any atom is -0.493 e. The molecule has 0 saturated heterocycles. The fourth-order valence-corrected chi connectivity index (χ4v) is 2.91. The van der Waals surface area contributed by atoms with Gasteiger partial charge in [-0.05, 0) is 41.5 Å². The number of carbonyl (C=O) groups is 1. The van der Waals surface area contributed by atoms with E-state index in [0.29, 0.717) is 35.8 Å². The molecule has 1 amide bonds. The van der Waals surface area contributed by atoms with Gasteiger partial charge in [0.05, 0.1) is 18.7 Å². The van der Waals surface area contributed by atoms with Crippen LogP contribution in [0.5, 0.6) is 11.5 Å². The Bertz CT molecular complexity index is 1010. The van der Waals surface area contributed by atoms with Crippen molar-refractivity contribution in [2.45, 2.75) is 13.2 Å². The van der Waals surface area contributed by atoms with Gasteiger partial charge in [0.1, 0.15) is 6.61 Å². The third-order valence-electron chi connectivity index (χ3n) is 4.50. The van der Waals surface area contributed by atoms with Crippen LogP contribution >= 0.6 is 0 Å². The molecule has 0 spiro atoms. The van der Waals surface area contributed by atoms with E-state index in [1.807, 2.05) is 42.5 Å². The van der Waals surface area contributed by atoms with Crippen LogP contribution in [0.4, 0.5) is 0 Å². The molecule has 0 N–H and O–H groups in total. The summed E-state index contributed by atoms with van der Waals surface area (Å²) in [5.74, 6) is 0.975. The van der Waals surface area contributed by atoms with Crippen LogP contribution in [0, 0.1) is 11.3 Å². The molecule has 0 aromatic heterocycles. The Morgan fingerprint density at radius 3 is 2.34 bits per heavy atom. The third kappa shape index (κ3) is 5.14. The highest BCUT2D eigenvalue weighted by Crippen LogP contribution is 2.29. The molecule has 3 aromatic carbocycles. The van der Waals surface area contributed by atoms with Gasteiger partial charge in [0, 0.05) is 19.2 Å². The summed E-state index contributed by atoms with van der Waals surface area (Å²) in [6.45, 7) is 0.863. The van der Waals surface area contributed by atoms with Gasteiger partial charge in [-0.1, -0.05) is 42.5 Å². The highest BCUT2D eigenvalue weighted by atomic mass is 16.5. The molecule has 0 fully saturated rings. The monoisotopic (exact) mass is 386 g/mol. The van der Waals surface area contributed by atoms with Gasteiger partial charge in [-0.3, -0.25) is 4.79 Å². The van der Waals surface area contributed by atoms with Gasteiger partial charge in [0.15, 0.2) is 11.5 Å². The van der Waals surface area contributed by atoms with Gasteiger partial charge in [0.25, 0.3) is 5.91 Å². The van der Waals surface area contributed by atoms with Crippen molar-refractivity contribution < 1.29 is 14.3 Å². The molecule has 0 aliphatic heterocycles. The minimum absolute atomic E-state index is 0.123. The van der Waals surface area contributed by atoms with Crippen LogP contribution in [-0.2, 0) is 13.2 Å². The Morgan fingerprint density at radius 1 is 0.966 bits per heavy atom. The average Bonchev–Trinajstić information content (AvgIpc) is 2.78. The molecule has 3 rings (SSSR count). The number of rotatable bonds is 7. The van der Waals surface area contributed by atoms with Crippen molar-refractivity contribution in [3.63, 3.8) is 0 Å². The normalized spacial score (nSPS) is 10.1. The average molecular weight is 386 g/mol. The lowest BCUT2D eigenvalue weighted by molar-refractivity contribution is 0.0784. The number of methoxy groups -OCH3 is 1. The summed E-state index contributed by atoms with van der Waals surface area (Å²) >= 11 is 0. The van der Waals surface area contributed by atoms with Gasteiger partial charge in [0.2, 0.25) is 0 Å². The van der Waals surface area contributed by atoms with Crippen molar-refractivity contribution in [2.75, 3.05) is 14.2 Å². The smallest absolute Gasteiger partial charge is 0.254 e. The first-order chi connectivity index (χ1) is 14.1. The molecular weight excluding hydrogens is 364 g/mol. The number of nitrogens with zero attached hydrogens (tertiary/aromatic N) is 2. The number of carbonyl (C=O) groups excluding carboxylic acids is 1. The SMILES string of the molecule is COc1cc(C(=O)N(C)Cc2ccc(C#N)cc2)ccc1OCc1ccccc1. The lowest BCUT2D eigenvalue weighted by atomic mass is 10.1. The number of ether oxygens (including phenoxy) is 2. The summed E-state index contributed by atoms with van der Waals surface area (Å²) in [6, 6.07) is 24.3. The first-order valence-electron chi connectivity index (χ1n) is 9.20. The fraction of sp³-hybridized carbons (Fsp3) is 0.167. The van der Waals surface area contributed by atoms with Crippen molar-refractivity contribution in [3.8, 4) is 17.6 Å². The highest BCUT2D eigenvalue weighted by Gasteiger charge is 2.15. The van der Waals surface area contributed by atoms with Crippen LogP contribution < -0.4 is 9.47 Å². The van der Waals surface area contributed by atoms with Crippen LogP contribution in [0.2, 0.25) is 0 Å². The first-order valence-corrected chi connectivity index (χ1v) is 9.20. The van der Waals surface area contributed by atoms with Crippen molar-refractivity contribution in [1.29, 1.82) is 5.26 Å². The molecule has 0 unspecified atom stereocenters. The number of nitriles is 1. The molecule has 0 atom stereocenters. The maximum absolute atomic E-state index is 12.8. The van der Waals surface area contributed by atoms with Gasteiger partial charge in [-0.15, -0.1) is 0 Å². The zero-order valence-corrected chi connectivity index (χ0v) is 16.5. The second-order valence-electron chi connectivity index (χ2n) is 6.61. The van der Waals surface area contributed by atoms with E-state index >= 15 is 0 Å². The zero-order chi connectivity index (χ0) is 20.6. The minimum atomic E-state index is -0.123. The van der Waals surface area contributed by atoms with E-state index in [4.69, 9.17) is 14.7 Å². The number of benzene rings is 3. The standard InChI is InChI=1S/C24H22N2O3/c1-26(16-19-10-8-18(15-25)9-11-19)24(27)21-12-13-22(23(14-21)28-2)29-17-20-6-4-3-5-7-20/h3-14H,16-17H2,1-2H3. The van der Waals surface area contributed by atoms with Crippen LogP contribution in [0.25, 0.3) is 0 Å². The molecule has 0 heterocycles. The summed E-state index contributed by atoms with van der Waals surface area (Å²) in [7, 11) is 3.30. The molecule has 0 bridgehead atoms. The predicted molar refractivity (Wildman–Crippen MR) is 111 cm³/mol. The molecule has 0 saturated carbocycles. The zero-order valence-electron chi connectivity index (χ0n) is 16.5. The van der Waals surface area contributed by atoms with E-state index in [1.54, 1.807) is 49.4 Å². The highest BCUT2D eigenvalue weighted by molar-refractivity contribution is 5.94. The molecule has 5 heteroatoms. The summed E-state index contributed by atoms with van der Waals surface area (Å²) < 4.78 is 11.3. The van der Waals surface area contributed by atoms with Crippen LogP contribution in [0.1, 0.15) is 27.0 Å². The van der Waals surface area contributed by atoms with Crippen LogP contribution in [-0.4, -0.2) is 25.0 Å². The number of amides is 1. The second kappa shape index (κ2) is 9.43. The predicted octanol–water partition coefficient (Wildman–Crippen LogP) is 4.42. The summed E-state index contributed by atoms with van der Waals surface area (Å²) in [4.78, 5) is 14.4. The maximum atomic E-state index is 12.8. The molecule has 0 aliphatic rings. The largest absolute Gasteiger partial charge is 0.493 e. The maximum Gasteiger partial charge on any atom is 0.254 e. The van der Waals surface area contributed by atoms with E-state index in [9.17, 15) is 4.79 Å². The van der Waals surface area contributed by atoms with E-state index in [0.717, 1.165) is 11.1 Å². The summed E-state index contributed by atoms with van der Waals surface area (Å²) in [5.41, 5.74) is 3.12. The Kier molecular flexibility index (Phi) is 6.49.